The van der Waals surface area contributed by atoms with E-state index in [1.165, 1.54) is 23.9 Å². The molecule has 0 fully saturated rings. The molecule has 1 N–H and O–H groups in total. The lowest BCUT2D eigenvalue weighted by Crippen LogP contribution is -2.07. The lowest BCUT2D eigenvalue weighted by atomic mass is 10.1. The topological polar surface area (TPSA) is 94.1 Å². The van der Waals surface area contributed by atoms with E-state index in [1.54, 1.807) is 23.7 Å². The van der Waals surface area contributed by atoms with E-state index in [0.29, 0.717) is 16.7 Å². The Morgan fingerprint density at radius 3 is 2.48 bits per heavy atom. The molecule has 0 bridgehead atoms. The minimum Gasteiger partial charge on any atom is -0.380 e. The number of aliphatic hydroxyl groups is 1. The highest BCUT2D eigenvalue weighted by Gasteiger charge is 2.18. The lowest BCUT2D eigenvalue weighted by molar-refractivity contribution is -0.384. The van der Waals surface area contributed by atoms with Crippen LogP contribution in [0, 0.1) is 10.1 Å². The number of nitro groups is 1. The fraction of sp³-hybridized carbons (Fsp3) is 0.176. The SMILES string of the molecule is Cn1c(SCc2ccc([N+](=O)[O-])cc2)nnc1[C@H](O)c1ccccc1. The van der Waals surface area contributed by atoms with E-state index < -0.39 is 11.0 Å². The molecule has 0 aliphatic heterocycles. The first-order valence-electron chi connectivity index (χ1n) is 7.54. The van der Waals surface area contributed by atoms with Crippen molar-refractivity contribution >= 4 is 17.4 Å². The Balaban J connectivity index is 1.70. The van der Waals surface area contributed by atoms with Gasteiger partial charge in [0, 0.05) is 24.9 Å². The lowest BCUT2D eigenvalue weighted by Gasteiger charge is -2.10. The Kier molecular flexibility index (Phi) is 5.11. The van der Waals surface area contributed by atoms with Crippen LogP contribution in [0.3, 0.4) is 0 Å². The van der Waals surface area contributed by atoms with Crippen molar-refractivity contribution in [2.75, 3.05) is 0 Å². The number of aliphatic hydroxyl groups excluding tert-OH is 1. The number of nitro benzene ring substituents is 1. The third-order valence-corrected chi connectivity index (χ3v) is 4.83. The zero-order chi connectivity index (χ0) is 17.8. The van der Waals surface area contributed by atoms with E-state index in [9.17, 15) is 15.2 Å². The maximum Gasteiger partial charge on any atom is 0.269 e. The highest BCUT2D eigenvalue weighted by molar-refractivity contribution is 7.98. The van der Waals surface area contributed by atoms with Crippen LogP contribution in [0.5, 0.6) is 0 Å². The number of rotatable bonds is 6. The first-order chi connectivity index (χ1) is 12.1. The average Bonchev–Trinajstić information content (AvgIpc) is 3.01. The van der Waals surface area contributed by atoms with E-state index >= 15 is 0 Å². The molecule has 0 saturated heterocycles. The maximum absolute atomic E-state index is 10.7. The molecule has 8 heteroatoms. The van der Waals surface area contributed by atoms with Crippen LogP contribution in [0.15, 0.2) is 59.8 Å². The molecule has 1 heterocycles. The Morgan fingerprint density at radius 2 is 1.84 bits per heavy atom. The molecule has 2 aromatic carbocycles. The van der Waals surface area contributed by atoms with Gasteiger partial charge in [-0.1, -0.05) is 54.2 Å². The standard InChI is InChI=1S/C17H16N4O3S/c1-20-16(15(22)13-5-3-2-4-6-13)18-19-17(20)25-11-12-7-9-14(10-8-12)21(23)24/h2-10,15,22H,11H2,1H3/t15-/m1/s1. The fourth-order valence-electron chi connectivity index (χ4n) is 2.34. The maximum atomic E-state index is 10.7. The molecule has 0 amide bonds. The molecular weight excluding hydrogens is 340 g/mol. The van der Waals surface area contributed by atoms with Crippen LogP contribution in [-0.4, -0.2) is 24.8 Å². The number of benzene rings is 2. The second-order valence-corrected chi connectivity index (χ2v) is 6.37. The molecule has 0 aliphatic carbocycles. The minimum absolute atomic E-state index is 0.0701. The molecule has 7 nitrogen and oxygen atoms in total. The van der Waals surface area contributed by atoms with Crippen molar-refractivity contribution in [3.05, 3.63) is 81.7 Å². The summed E-state index contributed by atoms with van der Waals surface area (Å²) in [5.41, 5.74) is 1.77. The van der Waals surface area contributed by atoms with Crippen molar-refractivity contribution in [1.82, 2.24) is 14.8 Å². The number of hydrogen-bond acceptors (Lipinski definition) is 6. The average molecular weight is 356 g/mol. The predicted octanol–water partition coefficient (Wildman–Crippen LogP) is 3.10. The van der Waals surface area contributed by atoms with Gasteiger partial charge in [0.25, 0.3) is 5.69 Å². The zero-order valence-corrected chi connectivity index (χ0v) is 14.3. The highest BCUT2D eigenvalue weighted by atomic mass is 32.2. The second kappa shape index (κ2) is 7.45. The molecule has 3 rings (SSSR count). The summed E-state index contributed by atoms with van der Waals surface area (Å²) >= 11 is 1.46. The summed E-state index contributed by atoms with van der Waals surface area (Å²) in [6.07, 6.45) is -0.840. The van der Waals surface area contributed by atoms with Crippen molar-refractivity contribution < 1.29 is 10.0 Å². The van der Waals surface area contributed by atoms with Gasteiger partial charge in [-0.3, -0.25) is 10.1 Å². The number of aromatic nitrogens is 3. The van der Waals surface area contributed by atoms with Crippen LogP contribution < -0.4 is 0 Å². The van der Waals surface area contributed by atoms with Gasteiger partial charge in [-0.05, 0) is 11.1 Å². The van der Waals surface area contributed by atoms with Crippen molar-refractivity contribution in [2.24, 2.45) is 7.05 Å². The predicted molar refractivity (Wildman–Crippen MR) is 94.2 cm³/mol. The summed E-state index contributed by atoms with van der Waals surface area (Å²) in [5, 5.41) is 30.0. The van der Waals surface area contributed by atoms with Crippen molar-refractivity contribution in [3.8, 4) is 0 Å². The molecule has 0 spiro atoms. The fourth-order valence-corrected chi connectivity index (χ4v) is 3.21. The molecule has 128 valence electrons. The van der Waals surface area contributed by atoms with E-state index in [-0.39, 0.29) is 5.69 Å². The third-order valence-electron chi connectivity index (χ3n) is 3.74. The molecule has 1 aromatic heterocycles. The summed E-state index contributed by atoms with van der Waals surface area (Å²) in [7, 11) is 1.81. The Bertz CT molecular complexity index is 865. The molecule has 0 radical (unpaired) electrons. The van der Waals surface area contributed by atoms with Gasteiger partial charge in [0.2, 0.25) is 0 Å². The van der Waals surface area contributed by atoms with E-state index in [0.717, 1.165) is 11.1 Å². The first kappa shape index (κ1) is 17.1. The van der Waals surface area contributed by atoms with Crippen LogP contribution >= 0.6 is 11.8 Å². The smallest absolute Gasteiger partial charge is 0.269 e. The molecular formula is C17H16N4O3S. The van der Waals surface area contributed by atoms with Gasteiger partial charge in [0.05, 0.1) is 4.92 Å². The molecule has 0 unspecified atom stereocenters. The quantitative estimate of drug-likeness (QED) is 0.414. The van der Waals surface area contributed by atoms with E-state index in [1.807, 2.05) is 30.3 Å². The first-order valence-corrected chi connectivity index (χ1v) is 8.53. The summed E-state index contributed by atoms with van der Waals surface area (Å²) in [6, 6.07) is 15.7. The normalized spacial score (nSPS) is 12.1. The van der Waals surface area contributed by atoms with Crippen molar-refractivity contribution in [1.29, 1.82) is 0 Å². The van der Waals surface area contributed by atoms with Gasteiger partial charge in [0.15, 0.2) is 11.0 Å². The number of nitrogens with zero attached hydrogens (tertiary/aromatic N) is 4. The third kappa shape index (κ3) is 3.86. The summed E-state index contributed by atoms with van der Waals surface area (Å²) in [6.45, 7) is 0. The molecule has 0 aliphatic rings. The van der Waals surface area contributed by atoms with Gasteiger partial charge in [0.1, 0.15) is 6.10 Å². The van der Waals surface area contributed by atoms with Crippen molar-refractivity contribution in [3.63, 3.8) is 0 Å². The minimum atomic E-state index is -0.840. The van der Waals surface area contributed by atoms with Gasteiger partial charge in [-0.15, -0.1) is 10.2 Å². The van der Waals surface area contributed by atoms with Crippen LogP contribution in [0.2, 0.25) is 0 Å². The van der Waals surface area contributed by atoms with Crippen molar-refractivity contribution in [2.45, 2.75) is 17.0 Å². The summed E-state index contributed by atoms with van der Waals surface area (Å²) in [4.78, 5) is 10.3. The van der Waals surface area contributed by atoms with Gasteiger partial charge in [-0.2, -0.15) is 0 Å². The Morgan fingerprint density at radius 1 is 1.16 bits per heavy atom. The number of hydrogen-bond donors (Lipinski definition) is 1. The summed E-state index contributed by atoms with van der Waals surface area (Å²) < 4.78 is 1.76. The summed E-state index contributed by atoms with van der Waals surface area (Å²) in [5.74, 6) is 1.07. The number of non-ortho nitro benzene ring substituents is 1. The number of thioether (sulfide) groups is 1. The highest BCUT2D eigenvalue weighted by Crippen LogP contribution is 2.26. The van der Waals surface area contributed by atoms with Crippen LogP contribution in [-0.2, 0) is 12.8 Å². The Hall–Kier alpha value is -2.71. The molecule has 1 atom stereocenters. The van der Waals surface area contributed by atoms with Gasteiger partial charge in [-0.25, -0.2) is 0 Å². The molecule has 25 heavy (non-hydrogen) atoms. The van der Waals surface area contributed by atoms with Crippen LogP contribution in [0.25, 0.3) is 0 Å². The van der Waals surface area contributed by atoms with Gasteiger partial charge < -0.3 is 9.67 Å². The van der Waals surface area contributed by atoms with E-state index in [2.05, 4.69) is 10.2 Å². The monoisotopic (exact) mass is 356 g/mol. The van der Waals surface area contributed by atoms with E-state index in [4.69, 9.17) is 0 Å². The van der Waals surface area contributed by atoms with Crippen LogP contribution in [0.4, 0.5) is 5.69 Å². The molecule has 0 saturated carbocycles. The van der Waals surface area contributed by atoms with Crippen LogP contribution in [0.1, 0.15) is 23.1 Å². The van der Waals surface area contributed by atoms with Gasteiger partial charge >= 0.3 is 0 Å². The largest absolute Gasteiger partial charge is 0.380 e. The zero-order valence-electron chi connectivity index (χ0n) is 13.4. The molecule has 3 aromatic rings. The second-order valence-electron chi connectivity index (χ2n) is 5.43. The Labute approximate surface area is 148 Å².